The van der Waals surface area contributed by atoms with E-state index in [-0.39, 0.29) is 4.84 Å². The van der Waals surface area contributed by atoms with Crippen molar-refractivity contribution in [2.75, 3.05) is 5.75 Å². The first-order valence-corrected chi connectivity index (χ1v) is 4.56. The van der Waals surface area contributed by atoms with E-state index in [2.05, 4.69) is 19.6 Å². The average Bonchev–Trinajstić information content (AvgIpc) is 1.83. The van der Waals surface area contributed by atoms with E-state index >= 15 is 0 Å². The van der Waals surface area contributed by atoms with E-state index in [0.717, 1.165) is 18.6 Å². The summed E-state index contributed by atoms with van der Waals surface area (Å²) in [5, 5.41) is 0. The molecule has 0 saturated carbocycles. The van der Waals surface area contributed by atoms with Crippen LogP contribution >= 0.6 is 35.8 Å². The molecule has 9 heavy (non-hydrogen) atoms. The summed E-state index contributed by atoms with van der Waals surface area (Å²) in [5.41, 5.74) is 0. The lowest BCUT2D eigenvalue weighted by Gasteiger charge is -2.06. The third-order valence-electron chi connectivity index (χ3n) is 1.19. The summed E-state index contributed by atoms with van der Waals surface area (Å²) < 4.78 is 0. The molecule has 0 N–H and O–H groups in total. The Bertz CT molecular complexity index is 66.1. The van der Waals surface area contributed by atoms with Crippen LogP contribution in [0.4, 0.5) is 0 Å². The number of hydrogen-bond donors (Lipinski definition) is 1. The van der Waals surface area contributed by atoms with Gasteiger partial charge in [0.15, 0.2) is 0 Å². The molecule has 0 aromatic rings. The minimum absolute atomic E-state index is 0.202. The monoisotopic (exact) mass is 186 g/mol. The summed E-state index contributed by atoms with van der Waals surface area (Å²) in [6.45, 7) is 2.14. The second kappa shape index (κ2) is 5.70. The summed E-state index contributed by atoms with van der Waals surface area (Å²) >= 11 is 15.2. The molecule has 0 aromatic carbocycles. The van der Waals surface area contributed by atoms with Crippen LogP contribution in [0, 0.1) is 5.92 Å². The first-order valence-electron chi connectivity index (χ1n) is 3.05. The maximum absolute atomic E-state index is 5.52. The summed E-state index contributed by atoms with van der Waals surface area (Å²) in [5.74, 6) is 1.55. The van der Waals surface area contributed by atoms with Gasteiger partial charge in [-0.3, -0.25) is 0 Å². The van der Waals surface area contributed by atoms with Crippen LogP contribution in [0.1, 0.15) is 19.8 Å². The van der Waals surface area contributed by atoms with Crippen LogP contribution in [0.15, 0.2) is 0 Å². The summed E-state index contributed by atoms with van der Waals surface area (Å²) in [6, 6.07) is 0. The summed E-state index contributed by atoms with van der Waals surface area (Å²) in [6.07, 6.45) is 1.95. The van der Waals surface area contributed by atoms with Crippen molar-refractivity contribution in [2.24, 2.45) is 5.92 Å². The molecular weight excluding hydrogens is 175 g/mol. The first kappa shape index (κ1) is 9.93. The zero-order valence-corrected chi connectivity index (χ0v) is 7.89. The molecule has 1 atom stereocenters. The lowest BCUT2D eigenvalue weighted by Crippen LogP contribution is -1.98. The largest absolute Gasteiger partial charge is 0.179 e. The molecule has 0 heterocycles. The summed E-state index contributed by atoms with van der Waals surface area (Å²) in [4.78, 5) is -0.202. The predicted octanol–water partition coefficient (Wildman–Crippen LogP) is 3.14. The van der Waals surface area contributed by atoms with E-state index in [9.17, 15) is 0 Å². The van der Waals surface area contributed by atoms with Gasteiger partial charge in [-0.15, -0.1) is 23.2 Å². The van der Waals surface area contributed by atoms with Gasteiger partial charge in [-0.1, -0.05) is 6.92 Å². The molecule has 0 radical (unpaired) electrons. The van der Waals surface area contributed by atoms with Gasteiger partial charge in [0.25, 0.3) is 0 Å². The van der Waals surface area contributed by atoms with Crippen LogP contribution in [-0.2, 0) is 0 Å². The summed E-state index contributed by atoms with van der Waals surface area (Å²) in [7, 11) is 0. The van der Waals surface area contributed by atoms with Gasteiger partial charge in [-0.05, 0) is 24.5 Å². The molecular formula is C6H12Cl2S. The zero-order chi connectivity index (χ0) is 7.28. The van der Waals surface area contributed by atoms with Crippen LogP contribution in [0.2, 0.25) is 0 Å². The highest BCUT2D eigenvalue weighted by molar-refractivity contribution is 7.80. The Hall–Kier alpha value is 0.930. The van der Waals surface area contributed by atoms with Crippen molar-refractivity contribution < 1.29 is 0 Å². The van der Waals surface area contributed by atoms with Crippen LogP contribution in [0.25, 0.3) is 0 Å². The van der Waals surface area contributed by atoms with E-state index < -0.39 is 0 Å². The van der Waals surface area contributed by atoms with Crippen molar-refractivity contribution in [2.45, 2.75) is 24.6 Å². The molecule has 0 aromatic heterocycles. The second-order valence-corrected chi connectivity index (χ2v) is 3.90. The molecule has 0 aliphatic heterocycles. The van der Waals surface area contributed by atoms with Crippen molar-refractivity contribution in [3.63, 3.8) is 0 Å². The molecule has 1 unspecified atom stereocenters. The molecule has 0 bridgehead atoms. The molecule has 0 rings (SSSR count). The fourth-order valence-corrected chi connectivity index (χ4v) is 0.936. The minimum Gasteiger partial charge on any atom is -0.179 e. The van der Waals surface area contributed by atoms with E-state index in [4.69, 9.17) is 23.2 Å². The van der Waals surface area contributed by atoms with Crippen molar-refractivity contribution >= 4 is 35.8 Å². The molecule has 0 spiro atoms. The quantitative estimate of drug-likeness (QED) is 0.507. The molecule has 0 aliphatic carbocycles. The lowest BCUT2D eigenvalue weighted by atomic mass is 10.1. The van der Waals surface area contributed by atoms with Gasteiger partial charge >= 0.3 is 0 Å². The Labute approximate surface area is 72.3 Å². The maximum Gasteiger partial charge on any atom is 0.107 e. The predicted molar refractivity (Wildman–Crippen MR) is 47.7 cm³/mol. The fourth-order valence-electron chi connectivity index (χ4n) is 0.502. The number of rotatable bonds is 4. The zero-order valence-electron chi connectivity index (χ0n) is 5.48. The Morgan fingerprint density at radius 1 is 1.33 bits per heavy atom. The normalized spacial score (nSPS) is 14.3. The number of thiol groups is 1. The average molecular weight is 187 g/mol. The SMILES string of the molecule is CC(CS)CCC(Cl)Cl. The third kappa shape index (κ3) is 6.82. The van der Waals surface area contributed by atoms with Crippen LogP contribution in [0.5, 0.6) is 0 Å². The smallest absolute Gasteiger partial charge is 0.107 e. The van der Waals surface area contributed by atoms with Gasteiger partial charge < -0.3 is 0 Å². The van der Waals surface area contributed by atoms with Gasteiger partial charge in [0.2, 0.25) is 0 Å². The van der Waals surface area contributed by atoms with Crippen molar-refractivity contribution in [3.8, 4) is 0 Å². The number of hydrogen-bond acceptors (Lipinski definition) is 1. The van der Waals surface area contributed by atoms with E-state index in [1.165, 1.54) is 0 Å². The number of halogens is 2. The van der Waals surface area contributed by atoms with E-state index in [0.29, 0.717) is 5.92 Å². The molecule has 0 fully saturated rings. The highest BCUT2D eigenvalue weighted by Gasteiger charge is 2.02. The molecule has 0 aliphatic rings. The highest BCUT2D eigenvalue weighted by Crippen LogP contribution is 2.15. The molecule has 3 heteroatoms. The van der Waals surface area contributed by atoms with Crippen molar-refractivity contribution in [3.05, 3.63) is 0 Å². The molecule has 0 amide bonds. The molecule has 56 valence electrons. The second-order valence-electron chi connectivity index (χ2n) is 2.26. The Morgan fingerprint density at radius 3 is 2.22 bits per heavy atom. The Balaban J connectivity index is 3.06. The topological polar surface area (TPSA) is 0 Å². The standard InChI is InChI=1S/C6H12Cl2S/c1-5(4-9)2-3-6(7)8/h5-6,9H,2-4H2,1H3. The Kier molecular flexibility index (Phi) is 6.28. The van der Waals surface area contributed by atoms with Gasteiger partial charge in [0, 0.05) is 0 Å². The Morgan fingerprint density at radius 2 is 1.89 bits per heavy atom. The fraction of sp³-hybridized carbons (Fsp3) is 1.00. The van der Waals surface area contributed by atoms with Gasteiger partial charge in [-0.2, -0.15) is 12.6 Å². The van der Waals surface area contributed by atoms with E-state index in [1.54, 1.807) is 0 Å². The van der Waals surface area contributed by atoms with Crippen LogP contribution in [-0.4, -0.2) is 10.6 Å². The molecule has 0 saturated heterocycles. The van der Waals surface area contributed by atoms with Crippen molar-refractivity contribution in [1.29, 1.82) is 0 Å². The van der Waals surface area contributed by atoms with E-state index in [1.807, 2.05) is 0 Å². The number of alkyl halides is 2. The van der Waals surface area contributed by atoms with Gasteiger partial charge in [0.05, 0.1) is 0 Å². The third-order valence-corrected chi connectivity index (χ3v) is 2.25. The highest BCUT2D eigenvalue weighted by atomic mass is 35.5. The van der Waals surface area contributed by atoms with Crippen LogP contribution in [0.3, 0.4) is 0 Å². The van der Waals surface area contributed by atoms with Gasteiger partial charge in [0.1, 0.15) is 4.84 Å². The molecule has 0 nitrogen and oxygen atoms in total. The van der Waals surface area contributed by atoms with Crippen molar-refractivity contribution in [1.82, 2.24) is 0 Å². The minimum atomic E-state index is -0.202. The van der Waals surface area contributed by atoms with Crippen LogP contribution < -0.4 is 0 Å². The first-order chi connectivity index (χ1) is 4.16. The van der Waals surface area contributed by atoms with Gasteiger partial charge in [-0.25, -0.2) is 0 Å². The maximum atomic E-state index is 5.52. The lowest BCUT2D eigenvalue weighted by molar-refractivity contribution is 0.580.